The van der Waals surface area contributed by atoms with E-state index in [1.807, 2.05) is 0 Å². The number of methoxy groups -OCH3 is 1. The molecule has 33 heavy (non-hydrogen) atoms. The third kappa shape index (κ3) is 4.91. The molecule has 0 bridgehead atoms. The first-order valence-electron chi connectivity index (χ1n) is 10.4. The lowest BCUT2D eigenvalue weighted by Crippen LogP contribution is -2.28. The van der Waals surface area contributed by atoms with Crippen molar-refractivity contribution in [3.63, 3.8) is 0 Å². The Morgan fingerprint density at radius 1 is 1.03 bits per heavy atom. The van der Waals surface area contributed by atoms with Crippen LogP contribution in [0.15, 0.2) is 40.1 Å². The Hall–Kier alpha value is -2.47. The van der Waals surface area contributed by atoms with Gasteiger partial charge in [-0.1, -0.05) is 0 Å². The Balaban J connectivity index is 2.00. The Morgan fingerprint density at radius 2 is 1.67 bits per heavy atom. The molecule has 1 saturated heterocycles. The summed E-state index contributed by atoms with van der Waals surface area (Å²) in [6.45, 7) is 4.38. The molecule has 0 unspecified atom stereocenters. The standard InChI is InChI=1S/C22H29N3O6S2/c1-15-12-18(32(27,28)24(3)4)14-19(16(15)2)23-22(26)17-8-9-20(31-5)21(13-17)33(29,30)25-10-6-7-11-25/h8-9,12-14H,6-7,10-11H2,1-5H3,(H,23,26). The highest BCUT2D eigenvalue weighted by atomic mass is 32.2. The first-order valence-corrected chi connectivity index (χ1v) is 13.3. The molecule has 0 saturated carbocycles. The van der Waals surface area contributed by atoms with Gasteiger partial charge in [0.2, 0.25) is 20.0 Å². The number of nitrogens with zero attached hydrogens (tertiary/aromatic N) is 2. The lowest BCUT2D eigenvalue weighted by molar-refractivity contribution is 0.102. The summed E-state index contributed by atoms with van der Waals surface area (Å²) in [6.07, 6.45) is 1.57. The van der Waals surface area contributed by atoms with E-state index in [0.717, 1.165) is 17.1 Å². The maximum atomic E-state index is 13.1. The number of carbonyl (C=O) groups excluding carboxylic acids is 1. The number of rotatable bonds is 7. The fraction of sp³-hybridized carbons (Fsp3) is 0.409. The van der Waals surface area contributed by atoms with Gasteiger partial charge in [0.15, 0.2) is 0 Å². The van der Waals surface area contributed by atoms with Crippen LogP contribution in [0.4, 0.5) is 5.69 Å². The minimum absolute atomic E-state index is 0.0536. The maximum absolute atomic E-state index is 13.1. The van der Waals surface area contributed by atoms with Gasteiger partial charge < -0.3 is 10.1 Å². The van der Waals surface area contributed by atoms with Gasteiger partial charge in [-0.3, -0.25) is 4.79 Å². The maximum Gasteiger partial charge on any atom is 0.255 e. The number of benzene rings is 2. The zero-order chi connectivity index (χ0) is 24.6. The van der Waals surface area contributed by atoms with Crippen LogP contribution in [0, 0.1) is 13.8 Å². The molecule has 0 aromatic heterocycles. The van der Waals surface area contributed by atoms with E-state index in [2.05, 4.69) is 5.32 Å². The zero-order valence-corrected chi connectivity index (χ0v) is 21.0. The number of amides is 1. The second-order valence-electron chi connectivity index (χ2n) is 8.13. The summed E-state index contributed by atoms with van der Waals surface area (Å²) < 4.78 is 59.1. The van der Waals surface area contributed by atoms with Gasteiger partial charge >= 0.3 is 0 Å². The van der Waals surface area contributed by atoms with Crippen molar-refractivity contribution in [1.82, 2.24) is 8.61 Å². The monoisotopic (exact) mass is 495 g/mol. The van der Waals surface area contributed by atoms with E-state index in [0.29, 0.717) is 29.9 Å². The van der Waals surface area contributed by atoms with Crippen molar-refractivity contribution in [2.45, 2.75) is 36.5 Å². The summed E-state index contributed by atoms with van der Waals surface area (Å²) in [5.41, 5.74) is 1.85. The third-order valence-corrected chi connectivity index (χ3v) is 9.49. The second-order valence-corrected chi connectivity index (χ2v) is 12.2. The van der Waals surface area contributed by atoms with Gasteiger partial charge in [-0.05, 0) is 68.1 Å². The van der Waals surface area contributed by atoms with Gasteiger partial charge in [0.1, 0.15) is 10.6 Å². The van der Waals surface area contributed by atoms with Gasteiger partial charge in [0, 0.05) is 38.4 Å². The minimum Gasteiger partial charge on any atom is -0.495 e. The molecule has 0 atom stereocenters. The number of ether oxygens (including phenoxy) is 1. The highest BCUT2D eigenvalue weighted by Gasteiger charge is 2.31. The normalized spacial score (nSPS) is 15.1. The van der Waals surface area contributed by atoms with Gasteiger partial charge in [-0.15, -0.1) is 0 Å². The third-order valence-electron chi connectivity index (χ3n) is 5.78. The van der Waals surface area contributed by atoms with Crippen molar-refractivity contribution in [3.8, 4) is 5.75 Å². The van der Waals surface area contributed by atoms with Gasteiger partial charge in [-0.2, -0.15) is 4.31 Å². The predicted molar refractivity (Wildman–Crippen MR) is 126 cm³/mol. The number of aryl methyl sites for hydroxylation is 1. The van der Waals surface area contributed by atoms with Crippen LogP contribution in [0.1, 0.15) is 34.3 Å². The molecule has 1 N–H and O–H groups in total. The van der Waals surface area contributed by atoms with Crippen molar-refractivity contribution in [2.24, 2.45) is 0 Å². The molecule has 2 aromatic rings. The lowest BCUT2D eigenvalue weighted by atomic mass is 10.1. The Bertz CT molecular complexity index is 1280. The fourth-order valence-corrected chi connectivity index (χ4v) is 6.31. The van der Waals surface area contributed by atoms with Crippen LogP contribution < -0.4 is 10.1 Å². The quantitative estimate of drug-likeness (QED) is 0.632. The first kappa shape index (κ1) is 25.2. The molecule has 1 fully saturated rings. The van der Waals surface area contributed by atoms with Crippen molar-refractivity contribution >= 4 is 31.6 Å². The van der Waals surface area contributed by atoms with E-state index >= 15 is 0 Å². The molecule has 11 heteroatoms. The van der Waals surface area contributed by atoms with E-state index in [-0.39, 0.29) is 21.1 Å². The number of sulfonamides is 2. The average Bonchev–Trinajstić information content (AvgIpc) is 3.32. The number of carbonyl (C=O) groups is 1. The summed E-state index contributed by atoms with van der Waals surface area (Å²) in [7, 11) is -3.28. The zero-order valence-electron chi connectivity index (χ0n) is 19.4. The lowest BCUT2D eigenvalue weighted by Gasteiger charge is -2.19. The molecule has 9 nitrogen and oxygen atoms in total. The van der Waals surface area contributed by atoms with Crippen LogP contribution in [-0.4, -0.2) is 65.6 Å². The molecular weight excluding hydrogens is 466 g/mol. The SMILES string of the molecule is COc1ccc(C(=O)Nc2cc(S(=O)(=O)N(C)C)cc(C)c2C)cc1S(=O)(=O)N1CCCC1. The van der Waals surface area contributed by atoms with Gasteiger partial charge in [0.25, 0.3) is 5.91 Å². The molecule has 1 aliphatic rings. The molecule has 2 aromatic carbocycles. The van der Waals surface area contributed by atoms with E-state index in [1.54, 1.807) is 19.9 Å². The molecule has 3 rings (SSSR count). The van der Waals surface area contributed by atoms with Crippen LogP contribution in [-0.2, 0) is 20.0 Å². The van der Waals surface area contributed by atoms with Crippen molar-refractivity contribution in [3.05, 3.63) is 47.0 Å². The molecule has 1 amide bonds. The van der Waals surface area contributed by atoms with Crippen LogP contribution in [0.5, 0.6) is 5.75 Å². The van der Waals surface area contributed by atoms with Crippen LogP contribution >= 0.6 is 0 Å². The number of nitrogens with one attached hydrogen (secondary N) is 1. The number of hydrogen-bond acceptors (Lipinski definition) is 6. The molecule has 0 spiro atoms. The van der Waals surface area contributed by atoms with Crippen molar-refractivity contribution in [2.75, 3.05) is 39.6 Å². The smallest absolute Gasteiger partial charge is 0.255 e. The summed E-state index contributed by atoms with van der Waals surface area (Å²) in [4.78, 5) is 13.0. The van der Waals surface area contributed by atoms with Crippen molar-refractivity contribution in [1.29, 1.82) is 0 Å². The minimum atomic E-state index is -3.82. The number of hydrogen-bond donors (Lipinski definition) is 1. The summed E-state index contributed by atoms with van der Waals surface area (Å²) in [5, 5.41) is 2.73. The molecule has 180 valence electrons. The molecule has 0 radical (unpaired) electrons. The van der Waals surface area contributed by atoms with Crippen LogP contribution in [0.3, 0.4) is 0 Å². The molecule has 0 aliphatic carbocycles. The van der Waals surface area contributed by atoms with Crippen molar-refractivity contribution < 1.29 is 26.4 Å². The second kappa shape index (κ2) is 9.41. The van der Waals surface area contributed by atoms with E-state index < -0.39 is 26.0 Å². The Labute approximate surface area is 195 Å². The molecule has 1 aliphatic heterocycles. The predicted octanol–water partition coefficient (Wildman–Crippen LogP) is 2.60. The highest BCUT2D eigenvalue weighted by Crippen LogP contribution is 2.31. The largest absolute Gasteiger partial charge is 0.495 e. The Kier molecular flexibility index (Phi) is 7.18. The highest BCUT2D eigenvalue weighted by molar-refractivity contribution is 7.89. The van der Waals surface area contributed by atoms with Crippen LogP contribution in [0.25, 0.3) is 0 Å². The van der Waals surface area contributed by atoms with Gasteiger partial charge in [-0.25, -0.2) is 21.1 Å². The molecular formula is C22H29N3O6S2. The van der Waals surface area contributed by atoms with Gasteiger partial charge in [0.05, 0.1) is 12.0 Å². The summed E-state index contributed by atoms with van der Waals surface area (Å²) >= 11 is 0. The van der Waals surface area contributed by atoms with E-state index in [9.17, 15) is 21.6 Å². The molecule has 1 heterocycles. The Morgan fingerprint density at radius 3 is 2.24 bits per heavy atom. The fourth-order valence-electron chi connectivity index (χ4n) is 3.60. The topological polar surface area (TPSA) is 113 Å². The first-order chi connectivity index (χ1) is 15.4. The average molecular weight is 496 g/mol. The number of anilines is 1. The van der Waals surface area contributed by atoms with E-state index in [4.69, 9.17) is 4.74 Å². The van der Waals surface area contributed by atoms with Crippen LogP contribution in [0.2, 0.25) is 0 Å². The summed E-state index contributed by atoms with van der Waals surface area (Å²) in [6, 6.07) is 7.17. The van der Waals surface area contributed by atoms with E-state index in [1.165, 1.54) is 49.8 Å². The summed E-state index contributed by atoms with van der Waals surface area (Å²) in [5.74, 6) is -0.401.